The topological polar surface area (TPSA) is 92.5 Å². The highest BCUT2D eigenvalue weighted by Gasteiger charge is 2.37. The van der Waals surface area contributed by atoms with Gasteiger partial charge in [-0.25, -0.2) is 0 Å². The van der Waals surface area contributed by atoms with Gasteiger partial charge in [-0.3, -0.25) is 0 Å². The van der Waals surface area contributed by atoms with E-state index in [4.69, 9.17) is 11.5 Å². The van der Waals surface area contributed by atoms with Crippen LogP contribution in [0.2, 0.25) is 0 Å². The Morgan fingerprint density at radius 2 is 1.56 bits per heavy atom. The second kappa shape index (κ2) is 3.59. The number of anilines is 2. The Bertz CT molecular complexity index is 633. The SMILES string of the molecule is Nc1cc2c(C(F)(F)F)c(O)c(N)cc2cc1O. The lowest BCUT2D eigenvalue weighted by Gasteiger charge is -2.15. The first kappa shape index (κ1) is 12.2. The molecular formula is C11H9F3N2O2. The molecule has 0 saturated carbocycles. The summed E-state index contributed by atoms with van der Waals surface area (Å²) >= 11 is 0. The molecule has 0 aliphatic carbocycles. The average Bonchev–Trinajstić information content (AvgIpc) is 2.21. The Hall–Kier alpha value is -2.31. The van der Waals surface area contributed by atoms with Gasteiger partial charge < -0.3 is 21.7 Å². The van der Waals surface area contributed by atoms with Crippen LogP contribution in [0.1, 0.15) is 5.56 Å². The zero-order valence-corrected chi connectivity index (χ0v) is 8.92. The van der Waals surface area contributed by atoms with Gasteiger partial charge in [0.1, 0.15) is 11.3 Å². The maximum absolute atomic E-state index is 12.9. The van der Waals surface area contributed by atoms with Gasteiger partial charge in [-0.15, -0.1) is 0 Å². The molecule has 0 heterocycles. The molecule has 0 amide bonds. The minimum absolute atomic E-state index is 0.0457. The number of hydrogen-bond donors (Lipinski definition) is 4. The van der Waals surface area contributed by atoms with Crippen molar-refractivity contribution in [1.82, 2.24) is 0 Å². The fourth-order valence-corrected chi connectivity index (χ4v) is 1.75. The Morgan fingerprint density at radius 3 is 2.11 bits per heavy atom. The minimum Gasteiger partial charge on any atom is -0.506 e. The zero-order valence-electron chi connectivity index (χ0n) is 8.92. The third kappa shape index (κ3) is 1.73. The number of aromatic hydroxyl groups is 2. The van der Waals surface area contributed by atoms with Crippen LogP contribution in [0.15, 0.2) is 18.2 Å². The van der Waals surface area contributed by atoms with Gasteiger partial charge in [-0.1, -0.05) is 0 Å². The average molecular weight is 258 g/mol. The van der Waals surface area contributed by atoms with Crippen LogP contribution in [0, 0.1) is 0 Å². The van der Waals surface area contributed by atoms with Crippen molar-refractivity contribution < 1.29 is 23.4 Å². The van der Waals surface area contributed by atoms with Crippen LogP contribution in [-0.4, -0.2) is 10.2 Å². The molecule has 0 aromatic heterocycles. The Kier molecular flexibility index (Phi) is 2.42. The molecule has 0 fully saturated rings. The first-order chi connectivity index (χ1) is 8.21. The molecule has 0 spiro atoms. The first-order valence-electron chi connectivity index (χ1n) is 4.82. The number of nitrogens with two attached hydrogens (primary N) is 2. The van der Waals surface area contributed by atoms with Crippen LogP contribution in [0.3, 0.4) is 0 Å². The predicted molar refractivity (Wildman–Crippen MR) is 61.1 cm³/mol. The quantitative estimate of drug-likeness (QED) is 0.431. The van der Waals surface area contributed by atoms with Crippen molar-refractivity contribution in [2.45, 2.75) is 6.18 Å². The Labute approximate surface area is 99.2 Å². The largest absolute Gasteiger partial charge is 0.506 e. The normalized spacial score (nSPS) is 11.9. The van der Waals surface area contributed by atoms with Gasteiger partial charge in [-0.2, -0.15) is 13.2 Å². The lowest BCUT2D eigenvalue weighted by molar-refractivity contribution is -0.137. The van der Waals surface area contributed by atoms with E-state index in [0.717, 1.165) is 18.2 Å². The second-order valence-electron chi connectivity index (χ2n) is 3.82. The Morgan fingerprint density at radius 1 is 0.944 bits per heavy atom. The Balaban J connectivity index is 2.97. The summed E-state index contributed by atoms with van der Waals surface area (Å²) in [5, 5.41) is 18.5. The number of benzene rings is 2. The molecule has 96 valence electrons. The fourth-order valence-electron chi connectivity index (χ4n) is 1.75. The van der Waals surface area contributed by atoms with E-state index in [1.165, 1.54) is 0 Å². The molecule has 0 bridgehead atoms. The maximum Gasteiger partial charge on any atom is 0.420 e. The number of hydrogen-bond acceptors (Lipinski definition) is 4. The summed E-state index contributed by atoms with van der Waals surface area (Å²) in [5.41, 5.74) is 8.78. The molecule has 7 heteroatoms. The highest BCUT2D eigenvalue weighted by molar-refractivity contribution is 5.95. The molecule has 0 radical (unpaired) electrons. The molecule has 0 atom stereocenters. The van der Waals surface area contributed by atoms with Gasteiger partial charge in [0.2, 0.25) is 0 Å². The van der Waals surface area contributed by atoms with Crippen LogP contribution in [0.4, 0.5) is 24.5 Å². The number of nitrogen functional groups attached to an aromatic ring is 2. The van der Waals surface area contributed by atoms with Gasteiger partial charge in [0, 0.05) is 5.39 Å². The molecule has 0 aliphatic rings. The maximum atomic E-state index is 12.9. The fraction of sp³-hybridized carbons (Fsp3) is 0.0909. The predicted octanol–water partition coefficient (Wildman–Crippen LogP) is 2.43. The summed E-state index contributed by atoms with van der Waals surface area (Å²) in [7, 11) is 0. The highest BCUT2D eigenvalue weighted by Crippen LogP contribution is 2.45. The lowest BCUT2D eigenvalue weighted by atomic mass is 10.0. The van der Waals surface area contributed by atoms with E-state index in [1.54, 1.807) is 0 Å². The second-order valence-corrected chi connectivity index (χ2v) is 3.82. The molecule has 4 nitrogen and oxygen atoms in total. The van der Waals surface area contributed by atoms with Crippen LogP contribution in [0.25, 0.3) is 10.8 Å². The minimum atomic E-state index is -4.78. The molecule has 2 rings (SSSR count). The first-order valence-corrected chi connectivity index (χ1v) is 4.82. The van der Waals surface area contributed by atoms with Gasteiger partial charge in [0.05, 0.1) is 11.4 Å². The molecule has 2 aromatic rings. The molecule has 6 N–H and O–H groups in total. The summed E-state index contributed by atoms with van der Waals surface area (Å²) in [6.07, 6.45) is -4.78. The third-order valence-electron chi connectivity index (χ3n) is 2.57. The monoisotopic (exact) mass is 258 g/mol. The molecule has 2 aromatic carbocycles. The van der Waals surface area contributed by atoms with Crippen molar-refractivity contribution in [3.05, 3.63) is 23.8 Å². The van der Waals surface area contributed by atoms with E-state index < -0.39 is 23.2 Å². The van der Waals surface area contributed by atoms with Crippen LogP contribution in [-0.2, 0) is 6.18 Å². The molecule has 0 saturated heterocycles. The van der Waals surface area contributed by atoms with Crippen molar-refractivity contribution >= 4 is 22.1 Å². The summed E-state index contributed by atoms with van der Waals surface area (Å²) in [5.74, 6) is -1.39. The van der Waals surface area contributed by atoms with Gasteiger partial charge in [-0.05, 0) is 23.6 Å². The number of rotatable bonds is 0. The molecular weight excluding hydrogens is 249 g/mol. The van der Waals surface area contributed by atoms with Gasteiger partial charge in [0.15, 0.2) is 5.75 Å². The number of halogens is 3. The van der Waals surface area contributed by atoms with Crippen molar-refractivity contribution in [2.75, 3.05) is 11.5 Å². The van der Waals surface area contributed by atoms with Crippen molar-refractivity contribution in [2.24, 2.45) is 0 Å². The number of fused-ring (bicyclic) bond motifs is 1. The number of alkyl halides is 3. The van der Waals surface area contributed by atoms with E-state index >= 15 is 0 Å². The number of phenolic OH excluding ortho intramolecular Hbond substituents is 2. The van der Waals surface area contributed by atoms with Gasteiger partial charge in [0.25, 0.3) is 0 Å². The molecule has 0 unspecified atom stereocenters. The van der Waals surface area contributed by atoms with Crippen molar-refractivity contribution in [3.63, 3.8) is 0 Å². The van der Waals surface area contributed by atoms with Crippen LogP contribution >= 0.6 is 0 Å². The zero-order chi connectivity index (χ0) is 13.7. The smallest absolute Gasteiger partial charge is 0.420 e. The van der Waals surface area contributed by atoms with Crippen molar-refractivity contribution in [1.29, 1.82) is 0 Å². The summed E-state index contributed by atoms with van der Waals surface area (Å²) in [6, 6.07) is 3.15. The van der Waals surface area contributed by atoms with Gasteiger partial charge >= 0.3 is 6.18 Å². The van der Waals surface area contributed by atoms with E-state index in [1.807, 2.05) is 0 Å². The van der Waals surface area contributed by atoms with E-state index in [-0.39, 0.29) is 22.2 Å². The molecule has 0 aliphatic heterocycles. The molecule has 18 heavy (non-hydrogen) atoms. The summed E-state index contributed by atoms with van der Waals surface area (Å²) < 4.78 is 38.6. The number of phenols is 2. The van der Waals surface area contributed by atoms with Crippen LogP contribution in [0.5, 0.6) is 11.5 Å². The van der Waals surface area contributed by atoms with E-state index in [2.05, 4.69) is 0 Å². The summed E-state index contributed by atoms with van der Waals surface area (Å²) in [4.78, 5) is 0. The summed E-state index contributed by atoms with van der Waals surface area (Å²) in [6.45, 7) is 0. The van der Waals surface area contributed by atoms with Crippen molar-refractivity contribution in [3.8, 4) is 11.5 Å². The van der Waals surface area contributed by atoms with E-state index in [9.17, 15) is 23.4 Å². The standard InChI is InChI=1S/C11H9F3N2O2/c12-11(13,14)9-5-3-6(15)8(17)2-4(5)1-7(16)10(9)18/h1-3,17-18H,15-16H2. The third-order valence-corrected chi connectivity index (χ3v) is 2.57. The van der Waals surface area contributed by atoms with E-state index in [0.29, 0.717) is 0 Å². The van der Waals surface area contributed by atoms with Crippen LogP contribution < -0.4 is 11.5 Å². The lowest BCUT2D eigenvalue weighted by Crippen LogP contribution is -2.08. The highest BCUT2D eigenvalue weighted by atomic mass is 19.4.